The highest BCUT2D eigenvalue weighted by atomic mass is 19.1. The minimum absolute atomic E-state index is 0.00910. The van der Waals surface area contributed by atoms with E-state index in [0.29, 0.717) is 17.2 Å². The molecule has 0 heterocycles. The zero-order valence-electron chi connectivity index (χ0n) is 10.9. The summed E-state index contributed by atoms with van der Waals surface area (Å²) < 4.78 is 24.5. The van der Waals surface area contributed by atoms with Gasteiger partial charge < -0.3 is 14.8 Å². The summed E-state index contributed by atoms with van der Waals surface area (Å²) in [7, 11) is 1.81. The summed E-state index contributed by atoms with van der Waals surface area (Å²) >= 11 is 0. The maximum absolute atomic E-state index is 13.8. The molecule has 1 atom stereocenters. The topological polar surface area (TPSA) is 30.5 Å². The van der Waals surface area contributed by atoms with Crippen molar-refractivity contribution in [3.8, 4) is 5.75 Å². The fraction of sp³-hybridized carbons (Fsp3) is 0.571. The first kappa shape index (κ1) is 13.3. The molecule has 1 unspecified atom stereocenters. The molecular weight excluding hydrogens is 233 g/mol. The van der Waals surface area contributed by atoms with Crippen LogP contribution in [0.2, 0.25) is 0 Å². The van der Waals surface area contributed by atoms with Crippen molar-refractivity contribution in [2.45, 2.75) is 25.8 Å². The molecule has 3 nitrogen and oxygen atoms in total. The molecule has 1 fully saturated rings. The smallest absolute Gasteiger partial charge is 0.189 e. The van der Waals surface area contributed by atoms with Gasteiger partial charge in [-0.1, -0.05) is 6.07 Å². The van der Waals surface area contributed by atoms with Gasteiger partial charge in [0.2, 0.25) is 0 Å². The lowest BCUT2D eigenvalue weighted by molar-refractivity contribution is 0.00981. The highest BCUT2D eigenvalue weighted by Crippen LogP contribution is 2.28. The number of ether oxygens (including phenoxy) is 2. The quantitative estimate of drug-likeness (QED) is 0.598. The van der Waals surface area contributed by atoms with Crippen LogP contribution in [-0.2, 0) is 4.74 Å². The summed E-state index contributed by atoms with van der Waals surface area (Å²) in [6.45, 7) is 2.85. The van der Waals surface area contributed by atoms with Crippen molar-refractivity contribution in [3.63, 3.8) is 0 Å². The molecule has 18 heavy (non-hydrogen) atoms. The highest BCUT2D eigenvalue weighted by molar-refractivity contribution is 5.30. The summed E-state index contributed by atoms with van der Waals surface area (Å²) in [5.41, 5.74) is 0.642. The molecule has 0 bridgehead atoms. The van der Waals surface area contributed by atoms with Gasteiger partial charge in [0.05, 0.1) is 6.61 Å². The third kappa shape index (κ3) is 3.68. The molecule has 0 spiro atoms. The SMILES string of the molecule is CNC(C)c1ccc(OCOCC2CC2)cc1F. The van der Waals surface area contributed by atoms with Gasteiger partial charge in [0.15, 0.2) is 6.79 Å². The number of nitrogens with one attached hydrogen (secondary N) is 1. The minimum Gasteiger partial charge on any atom is -0.467 e. The van der Waals surface area contributed by atoms with Crippen molar-refractivity contribution in [3.05, 3.63) is 29.6 Å². The molecule has 0 aromatic heterocycles. The second-order valence-electron chi connectivity index (χ2n) is 4.77. The molecule has 0 radical (unpaired) electrons. The number of benzene rings is 1. The van der Waals surface area contributed by atoms with E-state index in [2.05, 4.69) is 5.32 Å². The lowest BCUT2D eigenvalue weighted by Gasteiger charge is -2.13. The second-order valence-corrected chi connectivity index (χ2v) is 4.77. The van der Waals surface area contributed by atoms with Crippen molar-refractivity contribution < 1.29 is 13.9 Å². The highest BCUT2D eigenvalue weighted by Gasteiger charge is 2.21. The molecule has 100 valence electrons. The molecule has 4 heteroatoms. The zero-order valence-corrected chi connectivity index (χ0v) is 10.9. The van der Waals surface area contributed by atoms with Crippen LogP contribution in [-0.4, -0.2) is 20.4 Å². The van der Waals surface area contributed by atoms with E-state index in [0.717, 1.165) is 6.61 Å². The molecular formula is C14H20FNO2. The second kappa shape index (κ2) is 6.16. The van der Waals surface area contributed by atoms with E-state index < -0.39 is 0 Å². The molecule has 2 rings (SSSR count). The third-order valence-electron chi connectivity index (χ3n) is 3.23. The van der Waals surface area contributed by atoms with E-state index in [1.807, 2.05) is 6.92 Å². The van der Waals surface area contributed by atoms with Crippen LogP contribution >= 0.6 is 0 Å². The number of hydrogen-bond donors (Lipinski definition) is 1. The van der Waals surface area contributed by atoms with Crippen LogP contribution in [0.3, 0.4) is 0 Å². The molecule has 0 aliphatic heterocycles. The lowest BCUT2D eigenvalue weighted by Crippen LogP contribution is -2.14. The average molecular weight is 253 g/mol. The predicted molar refractivity (Wildman–Crippen MR) is 68.0 cm³/mol. The van der Waals surface area contributed by atoms with Crippen LogP contribution in [0, 0.1) is 11.7 Å². The lowest BCUT2D eigenvalue weighted by atomic mass is 10.1. The maximum Gasteiger partial charge on any atom is 0.189 e. The summed E-state index contributed by atoms with van der Waals surface area (Å²) in [6, 6.07) is 4.91. The van der Waals surface area contributed by atoms with Crippen LogP contribution in [0.5, 0.6) is 5.75 Å². The van der Waals surface area contributed by atoms with E-state index in [1.165, 1.54) is 18.9 Å². The van der Waals surface area contributed by atoms with Gasteiger partial charge in [-0.2, -0.15) is 0 Å². The Morgan fingerprint density at radius 1 is 1.44 bits per heavy atom. The number of hydrogen-bond acceptors (Lipinski definition) is 3. The Morgan fingerprint density at radius 2 is 2.22 bits per heavy atom. The van der Waals surface area contributed by atoms with Crippen molar-refractivity contribution in [2.75, 3.05) is 20.4 Å². The molecule has 1 N–H and O–H groups in total. The van der Waals surface area contributed by atoms with Gasteiger partial charge in [-0.25, -0.2) is 4.39 Å². The van der Waals surface area contributed by atoms with Crippen LogP contribution in [0.1, 0.15) is 31.4 Å². The average Bonchev–Trinajstić information content (AvgIpc) is 3.18. The largest absolute Gasteiger partial charge is 0.467 e. The summed E-state index contributed by atoms with van der Waals surface area (Å²) in [4.78, 5) is 0. The van der Waals surface area contributed by atoms with Gasteiger partial charge in [0.25, 0.3) is 0 Å². The van der Waals surface area contributed by atoms with Crippen LogP contribution < -0.4 is 10.1 Å². The molecule has 0 saturated heterocycles. The van der Waals surface area contributed by atoms with Crippen LogP contribution in [0.15, 0.2) is 18.2 Å². The van der Waals surface area contributed by atoms with Gasteiger partial charge in [-0.3, -0.25) is 0 Å². The third-order valence-corrected chi connectivity index (χ3v) is 3.23. The predicted octanol–water partition coefficient (Wildman–Crippen LogP) is 2.87. The van der Waals surface area contributed by atoms with Crippen molar-refractivity contribution >= 4 is 0 Å². The minimum atomic E-state index is -0.253. The van der Waals surface area contributed by atoms with Gasteiger partial charge in [0.1, 0.15) is 11.6 Å². The molecule has 1 aliphatic carbocycles. The molecule has 1 aromatic rings. The van der Waals surface area contributed by atoms with Crippen molar-refractivity contribution in [2.24, 2.45) is 5.92 Å². The fourth-order valence-electron chi connectivity index (χ4n) is 1.71. The Labute approximate surface area is 107 Å². The summed E-state index contributed by atoms with van der Waals surface area (Å²) in [5.74, 6) is 0.969. The Morgan fingerprint density at radius 3 is 2.83 bits per heavy atom. The van der Waals surface area contributed by atoms with E-state index in [4.69, 9.17) is 9.47 Å². The number of halogens is 1. The Bertz CT molecular complexity index is 393. The van der Waals surface area contributed by atoms with E-state index in [9.17, 15) is 4.39 Å². The first-order valence-electron chi connectivity index (χ1n) is 6.38. The van der Waals surface area contributed by atoms with Gasteiger partial charge in [-0.05, 0) is 38.8 Å². The van der Waals surface area contributed by atoms with Gasteiger partial charge in [-0.15, -0.1) is 0 Å². The first-order chi connectivity index (χ1) is 8.70. The first-order valence-corrected chi connectivity index (χ1v) is 6.38. The Hall–Kier alpha value is -1.13. The van der Waals surface area contributed by atoms with Crippen molar-refractivity contribution in [1.29, 1.82) is 0 Å². The standard InChI is InChI=1S/C14H20FNO2/c1-10(16-2)13-6-5-12(7-14(13)15)18-9-17-8-11-3-4-11/h5-7,10-11,16H,3-4,8-9H2,1-2H3. The van der Waals surface area contributed by atoms with Gasteiger partial charge >= 0.3 is 0 Å². The molecule has 0 amide bonds. The van der Waals surface area contributed by atoms with E-state index in [-0.39, 0.29) is 18.7 Å². The van der Waals surface area contributed by atoms with Crippen molar-refractivity contribution in [1.82, 2.24) is 5.32 Å². The van der Waals surface area contributed by atoms with Crippen LogP contribution in [0.25, 0.3) is 0 Å². The summed E-state index contributed by atoms with van der Waals surface area (Å²) in [6.07, 6.45) is 2.51. The monoisotopic (exact) mass is 253 g/mol. The fourth-order valence-corrected chi connectivity index (χ4v) is 1.71. The zero-order chi connectivity index (χ0) is 13.0. The summed E-state index contributed by atoms with van der Waals surface area (Å²) in [5, 5.41) is 3.01. The Kier molecular flexibility index (Phi) is 4.55. The van der Waals surface area contributed by atoms with E-state index >= 15 is 0 Å². The Balaban J connectivity index is 1.83. The van der Waals surface area contributed by atoms with E-state index in [1.54, 1.807) is 19.2 Å². The number of rotatable bonds is 7. The normalized spacial score (nSPS) is 16.6. The van der Waals surface area contributed by atoms with Crippen LogP contribution in [0.4, 0.5) is 4.39 Å². The van der Waals surface area contributed by atoms with Gasteiger partial charge in [0, 0.05) is 17.7 Å². The molecule has 1 aromatic carbocycles. The maximum atomic E-state index is 13.8. The molecule has 1 saturated carbocycles. The molecule has 1 aliphatic rings.